The predicted octanol–water partition coefficient (Wildman–Crippen LogP) is 12.0. The number of nitrogens with one attached hydrogen (secondary N) is 1. The van der Waals surface area contributed by atoms with Crippen LogP contribution in [-0.4, -0.2) is 93.1 Å². The van der Waals surface area contributed by atoms with Crippen LogP contribution in [0.1, 0.15) is 103 Å². The molecule has 2 unspecified atom stereocenters. The molecule has 3 atom stereocenters. The Kier molecular flexibility index (Phi) is 17.8. The van der Waals surface area contributed by atoms with Crippen molar-refractivity contribution in [3.05, 3.63) is 88.3 Å². The lowest BCUT2D eigenvalue weighted by atomic mass is 9.98. The molecule has 1 amide bonds. The Morgan fingerprint density at radius 1 is 0.903 bits per heavy atom. The summed E-state index contributed by atoms with van der Waals surface area (Å²) in [6.45, 7) is 39.5. The van der Waals surface area contributed by atoms with Gasteiger partial charge in [0.05, 0.1) is 26.9 Å². The van der Waals surface area contributed by atoms with E-state index in [1.165, 1.54) is 0 Å². The molecule has 1 aliphatic carbocycles. The first-order valence-electron chi connectivity index (χ1n) is 22.6. The van der Waals surface area contributed by atoms with Crippen molar-refractivity contribution < 1.29 is 32.6 Å². The molecule has 5 rings (SSSR count). The predicted molar refractivity (Wildman–Crippen MR) is 258 cm³/mol. The minimum absolute atomic E-state index is 0.0340. The van der Waals surface area contributed by atoms with Crippen LogP contribution in [0.25, 0.3) is 16.0 Å². The second kappa shape index (κ2) is 21.7. The third kappa shape index (κ3) is 12.0. The molecule has 0 bridgehead atoms. The summed E-state index contributed by atoms with van der Waals surface area (Å²) in [6.07, 6.45) is 1.79. The Hall–Kier alpha value is -3.87. The van der Waals surface area contributed by atoms with Crippen LogP contribution in [0.3, 0.4) is 0 Å². The Morgan fingerprint density at radius 2 is 1.48 bits per heavy atom. The molecule has 0 radical (unpaired) electrons. The number of hydrogen-bond donors (Lipinski definition) is 1. The number of nitrogens with zero attached hydrogens (tertiary/aromatic N) is 2. The topological polar surface area (TPSA) is 92.1 Å². The van der Waals surface area contributed by atoms with Gasteiger partial charge in [-0.05, 0) is 90.8 Å². The van der Waals surface area contributed by atoms with Gasteiger partial charge in [-0.15, -0.1) is 0 Å². The summed E-state index contributed by atoms with van der Waals surface area (Å²) < 4.78 is 37.7. The van der Waals surface area contributed by atoms with Crippen molar-refractivity contribution in [1.29, 1.82) is 0 Å². The summed E-state index contributed by atoms with van der Waals surface area (Å²) in [7, 11) is -0.812. The van der Waals surface area contributed by atoms with Gasteiger partial charge in [0, 0.05) is 43.2 Å². The van der Waals surface area contributed by atoms with E-state index in [0.717, 1.165) is 59.3 Å². The average molecular weight is 888 g/mol. The molecule has 3 aromatic carbocycles. The van der Waals surface area contributed by atoms with Crippen molar-refractivity contribution in [1.82, 2.24) is 10.2 Å². The van der Waals surface area contributed by atoms with Gasteiger partial charge in [-0.1, -0.05) is 104 Å². The molecule has 1 heterocycles. The number of morpholine rings is 1. The second-order valence-electron chi connectivity index (χ2n) is 19.5. The quantitative estimate of drug-likeness (QED) is 0.0814. The fraction of sp³-hybridized carbons (Fsp3) is 0.600. The highest BCUT2D eigenvalue weighted by Gasteiger charge is 2.42. The highest BCUT2D eigenvalue weighted by atomic mass is 28.4. The first-order valence-corrected chi connectivity index (χ1v) is 28.5. The van der Waals surface area contributed by atoms with Crippen LogP contribution < -0.4 is 19.2 Å². The number of carbonyl (C=O) groups excluding carboxylic acids is 1. The fourth-order valence-corrected chi connectivity index (χ4v) is 9.97. The van der Waals surface area contributed by atoms with Gasteiger partial charge in [0.15, 0.2) is 14.1 Å². The Balaban J connectivity index is 0.00000416. The lowest BCUT2D eigenvalue weighted by Crippen LogP contribution is -2.56. The van der Waals surface area contributed by atoms with Crippen molar-refractivity contribution >= 4 is 22.7 Å². The smallest absolute Gasteiger partial charge is 0.407 e. The molecule has 1 saturated heterocycles. The molecule has 10 nitrogen and oxygen atoms in total. The maximum absolute atomic E-state index is 14.1. The third-order valence-corrected chi connectivity index (χ3v) is 22.3. The molecular weight excluding hydrogens is 811 g/mol. The summed E-state index contributed by atoms with van der Waals surface area (Å²) in [4.78, 5) is 20.4. The highest BCUT2D eigenvalue weighted by Crippen LogP contribution is 2.46. The summed E-state index contributed by atoms with van der Waals surface area (Å²) in [5.41, 5.74) is 6.22. The third-order valence-electron chi connectivity index (χ3n) is 13.4. The fourth-order valence-electron chi connectivity index (χ4n) is 7.87. The standard InChI is InChI=1S/C48H71N3O7Si2.C2H6/c1-33-43(53-9)34(30-42(44(33)54-10)58-60(13,14)48(5,6)7)29-41(50-46(52)56-32-40-38-24-17-15-22-36(38)37-23-16-18-25-39(37)40)45(49-8)51-26-28-55-35(31-51)21-19-20-27-57-59(11,12)47(2,3)4;1-2/h15-18,22-25,30,35,40-41,45H,19-21,26-29,31-32H2,1-7,9-14H3,(H,50,52);1-2H3/t35-,41?,45?;/m0./s1. The van der Waals surface area contributed by atoms with Gasteiger partial charge in [-0.2, -0.15) is 0 Å². The van der Waals surface area contributed by atoms with Gasteiger partial charge in [0.25, 0.3) is 14.5 Å². The number of carbonyl (C=O) groups is 1. The average Bonchev–Trinajstić information content (AvgIpc) is 3.53. The zero-order valence-corrected chi connectivity index (χ0v) is 42.6. The number of methoxy groups -OCH3 is 2. The van der Waals surface area contributed by atoms with Crippen molar-refractivity contribution in [2.45, 2.75) is 148 Å². The highest BCUT2D eigenvalue weighted by molar-refractivity contribution is 6.75. The van der Waals surface area contributed by atoms with E-state index in [-0.39, 0.29) is 28.7 Å². The van der Waals surface area contributed by atoms with Gasteiger partial charge in [0.2, 0.25) is 0 Å². The van der Waals surface area contributed by atoms with Gasteiger partial charge < -0.3 is 33.1 Å². The molecule has 0 aromatic heterocycles. The normalized spacial score (nSPS) is 16.8. The first-order chi connectivity index (χ1) is 29.2. The van der Waals surface area contributed by atoms with Gasteiger partial charge in [-0.25, -0.2) is 16.3 Å². The molecule has 0 spiro atoms. The lowest BCUT2D eigenvalue weighted by molar-refractivity contribution is -0.0459. The molecule has 1 fully saturated rings. The maximum atomic E-state index is 14.1. The van der Waals surface area contributed by atoms with Crippen LogP contribution in [0.2, 0.25) is 36.3 Å². The first kappa shape index (κ1) is 50.8. The zero-order valence-electron chi connectivity index (χ0n) is 40.6. The molecule has 1 N–H and O–H groups in total. The van der Waals surface area contributed by atoms with E-state index in [0.29, 0.717) is 43.4 Å². The molecule has 12 heteroatoms. The molecule has 2 aliphatic rings. The number of benzene rings is 3. The maximum Gasteiger partial charge on any atom is 0.407 e. The number of amides is 1. The Labute approximate surface area is 376 Å². The molecule has 342 valence electrons. The van der Waals surface area contributed by atoms with Gasteiger partial charge in [-0.3, -0.25) is 4.85 Å². The SMILES string of the molecule is CC.[C-]#[N+]C(C(Cc1cc(O[Si](C)(C)C(C)(C)C)c(OC)c(C)c1OC)NC(=O)OCC1c2ccccc2-c2ccccc21)N1CCO[C@@H](CCCCO[Si](C)(C)C(C)(C)C)C1. The van der Waals surface area contributed by atoms with E-state index in [4.69, 9.17) is 34.4 Å². The summed E-state index contributed by atoms with van der Waals surface area (Å²) in [5, 5.41) is 3.31. The van der Waals surface area contributed by atoms with Crippen LogP contribution in [0, 0.1) is 13.5 Å². The van der Waals surface area contributed by atoms with E-state index in [1.54, 1.807) is 14.2 Å². The van der Waals surface area contributed by atoms with E-state index >= 15 is 0 Å². The lowest BCUT2D eigenvalue weighted by Gasteiger charge is -2.37. The number of ether oxygens (including phenoxy) is 4. The zero-order chi connectivity index (χ0) is 46.0. The summed E-state index contributed by atoms with van der Waals surface area (Å²) >= 11 is 0. The number of fused-ring (bicyclic) bond motifs is 3. The van der Waals surface area contributed by atoms with Crippen LogP contribution in [0.4, 0.5) is 4.79 Å². The van der Waals surface area contributed by atoms with Crippen molar-refractivity contribution in [3.63, 3.8) is 0 Å². The molecule has 62 heavy (non-hydrogen) atoms. The van der Waals surface area contributed by atoms with Crippen LogP contribution >= 0.6 is 0 Å². The number of rotatable bonds is 17. The molecule has 0 saturated carbocycles. The van der Waals surface area contributed by atoms with Crippen molar-refractivity contribution in [2.75, 3.05) is 47.1 Å². The van der Waals surface area contributed by atoms with Crippen LogP contribution in [0.5, 0.6) is 17.2 Å². The van der Waals surface area contributed by atoms with Crippen LogP contribution in [-0.2, 0) is 20.3 Å². The van der Waals surface area contributed by atoms with E-state index in [2.05, 4.69) is 107 Å². The minimum atomic E-state index is -2.29. The summed E-state index contributed by atoms with van der Waals surface area (Å²) in [6, 6.07) is 17.9. The van der Waals surface area contributed by atoms with Crippen LogP contribution in [0.15, 0.2) is 54.6 Å². The molecular formula is C50H77N3O7Si2. The minimum Gasteiger partial charge on any atom is -0.541 e. The monoisotopic (exact) mass is 888 g/mol. The van der Waals surface area contributed by atoms with E-state index in [9.17, 15) is 4.79 Å². The van der Waals surface area contributed by atoms with Gasteiger partial charge >= 0.3 is 6.09 Å². The van der Waals surface area contributed by atoms with Crippen molar-refractivity contribution in [2.24, 2.45) is 0 Å². The Bertz CT molecular complexity index is 1940. The van der Waals surface area contributed by atoms with E-state index in [1.807, 2.05) is 51.1 Å². The number of alkyl carbamates (subject to hydrolysis) is 1. The summed E-state index contributed by atoms with van der Waals surface area (Å²) in [5.74, 6) is 1.80. The van der Waals surface area contributed by atoms with E-state index < -0.39 is 34.9 Å². The molecule has 3 aromatic rings. The largest absolute Gasteiger partial charge is 0.541 e. The van der Waals surface area contributed by atoms with Gasteiger partial charge in [0.1, 0.15) is 24.1 Å². The second-order valence-corrected chi connectivity index (χ2v) is 29.0. The number of hydrogen-bond acceptors (Lipinski definition) is 8. The van der Waals surface area contributed by atoms with Crippen molar-refractivity contribution in [3.8, 4) is 28.4 Å². The Morgan fingerprint density at radius 3 is 2.03 bits per heavy atom. The number of unbranched alkanes of at least 4 members (excludes halogenated alkanes) is 1. The molecule has 1 aliphatic heterocycles.